The minimum Gasteiger partial charge on any atom is -0.354 e. The van der Waals surface area contributed by atoms with Crippen molar-refractivity contribution in [3.05, 3.63) is 39.7 Å². The molecule has 20 heavy (non-hydrogen) atoms. The second-order valence-corrected chi connectivity index (χ2v) is 4.68. The molecule has 0 unspecified atom stereocenters. The maximum atomic E-state index is 13.1. The van der Waals surface area contributed by atoms with Gasteiger partial charge in [0.25, 0.3) is 5.69 Å². The van der Waals surface area contributed by atoms with Gasteiger partial charge >= 0.3 is 0 Å². The summed E-state index contributed by atoms with van der Waals surface area (Å²) in [5.41, 5.74) is 0.129. The molecule has 6 nitrogen and oxygen atoms in total. The average Bonchev–Trinajstić information content (AvgIpc) is 2.33. The predicted octanol–water partition coefficient (Wildman–Crippen LogP) is 1.74. The van der Waals surface area contributed by atoms with Crippen LogP contribution in [0.1, 0.15) is 25.8 Å². The van der Waals surface area contributed by atoms with Gasteiger partial charge in [-0.05, 0) is 26.0 Å². The molecule has 7 heteroatoms. The van der Waals surface area contributed by atoms with Crippen molar-refractivity contribution in [2.24, 2.45) is 0 Å². The van der Waals surface area contributed by atoms with Gasteiger partial charge in [-0.25, -0.2) is 4.39 Å². The first-order valence-electron chi connectivity index (χ1n) is 6.33. The summed E-state index contributed by atoms with van der Waals surface area (Å²) in [5, 5.41) is 16.4. The number of hydrogen-bond donors (Lipinski definition) is 2. The highest BCUT2D eigenvalue weighted by Crippen LogP contribution is 2.19. The van der Waals surface area contributed by atoms with Crippen LogP contribution in [0.15, 0.2) is 18.2 Å². The molecule has 0 aliphatic carbocycles. The quantitative estimate of drug-likeness (QED) is 0.453. The second kappa shape index (κ2) is 7.54. The van der Waals surface area contributed by atoms with Gasteiger partial charge in [0.05, 0.1) is 4.92 Å². The molecule has 0 spiro atoms. The molecule has 1 rings (SSSR count). The lowest BCUT2D eigenvalue weighted by atomic mass is 10.1. The third-order valence-corrected chi connectivity index (χ3v) is 2.53. The summed E-state index contributed by atoms with van der Waals surface area (Å²) in [7, 11) is 0. The van der Waals surface area contributed by atoms with E-state index in [0.29, 0.717) is 6.54 Å². The highest BCUT2D eigenvalue weighted by molar-refractivity contribution is 5.76. The number of halogens is 1. The monoisotopic (exact) mass is 283 g/mol. The van der Waals surface area contributed by atoms with Crippen LogP contribution in [-0.2, 0) is 11.3 Å². The molecule has 110 valence electrons. The fourth-order valence-electron chi connectivity index (χ4n) is 1.69. The van der Waals surface area contributed by atoms with E-state index in [0.717, 1.165) is 18.2 Å². The van der Waals surface area contributed by atoms with Crippen LogP contribution in [0.3, 0.4) is 0 Å². The standard InChI is InChI=1S/C13H18FN3O3/c1-9(2)16-13(18)5-6-15-8-10-7-11(14)3-4-12(10)17(19)20/h3-4,7,9,15H,5-6,8H2,1-2H3,(H,16,18). The Hall–Kier alpha value is -2.02. The van der Waals surface area contributed by atoms with E-state index < -0.39 is 10.7 Å². The Morgan fingerprint density at radius 3 is 2.75 bits per heavy atom. The SMILES string of the molecule is CC(C)NC(=O)CCNCc1cc(F)ccc1[N+](=O)[O-]. The van der Waals surface area contributed by atoms with Crippen LogP contribution in [0, 0.1) is 15.9 Å². The zero-order valence-electron chi connectivity index (χ0n) is 11.5. The minimum atomic E-state index is -0.554. The van der Waals surface area contributed by atoms with E-state index in [1.807, 2.05) is 13.8 Å². The average molecular weight is 283 g/mol. The summed E-state index contributed by atoms with van der Waals surface area (Å²) in [5.74, 6) is -0.619. The number of nitro benzene ring substituents is 1. The topological polar surface area (TPSA) is 84.3 Å². The summed E-state index contributed by atoms with van der Waals surface area (Å²) >= 11 is 0. The summed E-state index contributed by atoms with van der Waals surface area (Å²) in [4.78, 5) is 21.6. The minimum absolute atomic E-state index is 0.0757. The molecule has 0 aliphatic heterocycles. The van der Waals surface area contributed by atoms with E-state index in [1.54, 1.807) is 0 Å². The smallest absolute Gasteiger partial charge is 0.274 e. The van der Waals surface area contributed by atoms with Crippen LogP contribution < -0.4 is 10.6 Å². The number of nitrogens with one attached hydrogen (secondary N) is 2. The Balaban J connectivity index is 2.48. The summed E-state index contributed by atoms with van der Waals surface area (Å²) < 4.78 is 13.1. The number of nitrogens with zero attached hydrogens (tertiary/aromatic N) is 1. The molecule has 1 amide bonds. The van der Waals surface area contributed by atoms with E-state index in [9.17, 15) is 19.3 Å². The van der Waals surface area contributed by atoms with Gasteiger partial charge in [0, 0.05) is 37.2 Å². The van der Waals surface area contributed by atoms with E-state index in [1.165, 1.54) is 0 Å². The summed E-state index contributed by atoms with van der Waals surface area (Å²) in [6.07, 6.45) is 0.265. The number of rotatable bonds is 7. The number of nitro groups is 1. The third-order valence-electron chi connectivity index (χ3n) is 2.53. The highest BCUT2D eigenvalue weighted by Gasteiger charge is 2.14. The van der Waals surface area contributed by atoms with Gasteiger partial charge < -0.3 is 10.6 Å². The van der Waals surface area contributed by atoms with E-state index in [2.05, 4.69) is 10.6 Å². The Bertz CT molecular complexity index is 492. The second-order valence-electron chi connectivity index (χ2n) is 4.68. The molecule has 0 radical (unpaired) electrons. The lowest BCUT2D eigenvalue weighted by Gasteiger charge is -2.09. The number of benzene rings is 1. The molecule has 2 N–H and O–H groups in total. The first kappa shape index (κ1) is 16.0. The van der Waals surface area contributed by atoms with Crippen LogP contribution in [0.25, 0.3) is 0 Å². The molecule has 1 aromatic carbocycles. The zero-order chi connectivity index (χ0) is 15.1. The summed E-state index contributed by atoms with van der Waals surface area (Å²) in [6, 6.07) is 3.39. The summed E-state index contributed by atoms with van der Waals surface area (Å²) in [6.45, 7) is 4.23. The Morgan fingerprint density at radius 1 is 1.45 bits per heavy atom. The van der Waals surface area contributed by atoms with Crippen LogP contribution in [-0.4, -0.2) is 23.4 Å². The van der Waals surface area contributed by atoms with Gasteiger partial charge in [0.15, 0.2) is 0 Å². The third kappa shape index (κ3) is 5.31. The Morgan fingerprint density at radius 2 is 2.15 bits per heavy atom. The van der Waals surface area contributed by atoms with Gasteiger partial charge in [-0.3, -0.25) is 14.9 Å². The van der Waals surface area contributed by atoms with Crippen LogP contribution in [0.5, 0.6) is 0 Å². The predicted molar refractivity (Wildman–Crippen MR) is 72.7 cm³/mol. The number of amides is 1. The lowest BCUT2D eigenvalue weighted by molar-refractivity contribution is -0.385. The van der Waals surface area contributed by atoms with Crippen molar-refractivity contribution in [2.45, 2.75) is 32.9 Å². The molecule has 0 saturated carbocycles. The van der Waals surface area contributed by atoms with E-state index >= 15 is 0 Å². The molecule has 0 aromatic heterocycles. The molecule has 0 heterocycles. The van der Waals surface area contributed by atoms with Gasteiger partial charge in [0.1, 0.15) is 5.82 Å². The molecule has 0 atom stereocenters. The van der Waals surface area contributed by atoms with Gasteiger partial charge in [-0.15, -0.1) is 0 Å². The number of carbonyl (C=O) groups excluding carboxylic acids is 1. The first-order chi connectivity index (χ1) is 9.40. The van der Waals surface area contributed by atoms with Crippen LogP contribution >= 0.6 is 0 Å². The molecule has 0 fully saturated rings. The van der Waals surface area contributed by atoms with Crippen molar-refractivity contribution in [1.82, 2.24) is 10.6 Å². The van der Waals surface area contributed by atoms with Gasteiger partial charge in [-0.2, -0.15) is 0 Å². The molecule has 0 saturated heterocycles. The molecule has 0 bridgehead atoms. The maximum absolute atomic E-state index is 13.1. The van der Waals surface area contributed by atoms with Crippen LogP contribution in [0.2, 0.25) is 0 Å². The fraction of sp³-hybridized carbons (Fsp3) is 0.462. The van der Waals surface area contributed by atoms with Crippen LogP contribution in [0.4, 0.5) is 10.1 Å². The van der Waals surface area contributed by atoms with Crippen molar-refractivity contribution < 1.29 is 14.1 Å². The highest BCUT2D eigenvalue weighted by atomic mass is 19.1. The van der Waals surface area contributed by atoms with E-state index in [4.69, 9.17) is 0 Å². The maximum Gasteiger partial charge on any atom is 0.274 e. The Labute approximate surface area is 116 Å². The molecule has 1 aromatic rings. The van der Waals surface area contributed by atoms with Gasteiger partial charge in [-0.1, -0.05) is 0 Å². The lowest BCUT2D eigenvalue weighted by Crippen LogP contribution is -2.32. The van der Waals surface area contributed by atoms with Crippen molar-refractivity contribution >= 4 is 11.6 Å². The zero-order valence-corrected chi connectivity index (χ0v) is 11.5. The first-order valence-corrected chi connectivity index (χ1v) is 6.33. The molecular formula is C13H18FN3O3. The molecular weight excluding hydrogens is 265 g/mol. The van der Waals surface area contributed by atoms with Crippen molar-refractivity contribution in [3.63, 3.8) is 0 Å². The number of carbonyl (C=O) groups is 1. The van der Waals surface area contributed by atoms with E-state index in [-0.39, 0.29) is 36.2 Å². The fourth-order valence-corrected chi connectivity index (χ4v) is 1.69. The van der Waals surface area contributed by atoms with Gasteiger partial charge in [0.2, 0.25) is 5.91 Å². The molecule has 0 aliphatic rings. The number of hydrogen-bond acceptors (Lipinski definition) is 4. The normalized spacial score (nSPS) is 10.6. The van der Waals surface area contributed by atoms with Crippen molar-refractivity contribution in [1.29, 1.82) is 0 Å². The van der Waals surface area contributed by atoms with Crippen molar-refractivity contribution in [3.8, 4) is 0 Å². The largest absolute Gasteiger partial charge is 0.354 e. The van der Waals surface area contributed by atoms with Crippen molar-refractivity contribution in [2.75, 3.05) is 6.54 Å². The Kier molecular flexibility index (Phi) is 6.05.